The molecule has 0 spiro atoms. The molecule has 3 fully saturated rings. The van der Waals surface area contributed by atoms with Gasteiger partial charge in [0.1, 0.15) is 12.2 Å². The molecule has 4 rings (SSSR count). The third-order valence-electron chi connectivity index (χ3n) is 6.41. The largest absolute Gasteiger partial charge is 0.455 e. The molecule has 6 nitrogen and oxygen atoms in total. The van der Waals surface area contributed by atoms with Crippen LogP contribution in [-0.4, -0.2) is 72.7 Å². The van der Waals surface area contributed by atoms with Crippen molar-refractivity contribution in [3.05, 3.63) is 23.8 Å². The lowest BCUT2D eigenvalue weighted by atomic mass is 9.83. The molecule has 0 aromatic rings. The Labute approximate surface area is 154 Å². The first-order valence-electron chi connectivity index (χ1n) is 9.63. The summed E-state index contributed by atoms with van der Waals surface area (Å²) in [4.78, 5) is 29.2. The number of esters is 1. The third-order valence-corrected chi connectivity index (χ3v) is 6.41. The van der Waals surface area contributed by atoms with E-state index in [1.165, 1.54) is 0 Å². The average Bonchev–Trinajstić information content (AvgIpc) is 3.21. The van der Waals surface area contributed by atoms with Crippen LogP contribution in [0.1, 0.15) is 32.6 Å². The Hall–Kier alpha value is -1.66. The van der Waals surface area contributed by atoms with E-state index in [1.54, 1.807) is 0 Å². The summed E-state index contributed by atoms with van der Waals surface area (Å²) in [6.45, 7) is 9.38. The molecule has 1 aliphatic carbocycles. The summed E-state index contributed by atoms with van der Waals surface area (Å²) in [5, 5.41) is 0. The van der Waals surface area contributed by atoms with Gasteiger partial charge in [0.05, 0.1) is 5.60 Å². The van der Waals surface area contributed by atoms with Crippen LogP contribution in [0.15, 0.2) is 23.8 Å². The second kappa shape index (κ2) is 6.50. The number of allylic oxidation sites excluding steroid dienone is 1. The van der Waals surface area contributed by atoms with E-state index in [0.29, 0.717) is 18.4 Å². The zero-order chi connectivity index (χ0) is 18.5. The van der Waals surface area contributed by atoms with Crippen molar-refractivity contribution in [3.63, 3.8) is 0 Å². The zero-order valence-electron chi connectivity index (χ0n) is 15.7. The summed E-state index contributed by atoms with van der Waals surface area (Å²) in [5.41, 5.74) is 1.13. The van der Waals surface area contributed by atoms with Crippen LogP contribution in [0.3, 0.4) is 0 Å². The van der Waals surface area contributed by atoms with Crippen LogP contribution in [0, 0.1) is 5.92 Å². The molecule has 0 bridgehead atoms. The lowest BCUT2D eigenvalue weighted by Crippen LogP contribution is -2.47. The summed E-state index contributed by atoms with van der Waals surface area (Å²) in [6.07, 6.45) is 4.81. The topological polar surface area (TPSA) is 62.4 Å². The van der Waals surface area contributed by atoms with Crippen molar-refractivity contribution < 1.29 is 19.1 Å². The number of nitrogens with zero attached hydrogens (tertiary/aromatic N) is 2. The fraction of sp³-hybridized carbons (Fsp3) is 0.700. The van der Waals surface area contributed by atoms with Gasteiger partial charge in [-0.3, -0.25) is 4.79 Å². The van der Waals surface area contributed by atoms with Gasteiger partial charge >= 0.3 is 5.97 Å². The first kappa shape index (κ1) is 17.7. The summed E-state index contributed by atoms with van der Waals surface area (Å²) >= 11 is 0. The third kappa shape index (κ3) is 3.09. The first-order valence-corrected chi connectivity index (χ1v) is 9.63. The summed E-state index contributed by atoms with van der Waals surface area (Å²) < 4.78 is 11.5. The van der Waals surface area contributed by atoms with Crippen molar-refractivity contribution in [2.45, 2.75) is 50.4 Å². The molecule has 0 aromatic heterocycles. The normalized spacial score (nSPS) is 40.2. The van der Waals surface area contributed by atoms with Crippen LogP contribution in [-0.2, 0) is 19.1 Å². The predicted molar refractivity (Wildman–Crippen MR) is 96.4 cm³/mol. The molecular formula is C20H28N2O4. The lowest BCUT2D eigenvalue weighted by Gasteiger charge is -2.33. The van der Waals surface area contributed by atoms with Gasteiger partial charge in [-0.2, -0.15) is 0 Å². The van der Waals surface area contributed by atoms with Gasteiger partial charge in [-0.15, -0.1) is 0 Å². The fourth-order valence-corrected chi connectivity index (χ4v) is 4.47. The number of epoxide rings is 1. The van der Waals surface area contributed by atoms with Crippen molar-refractivity contribution in [3.8, 4) is 0 Å². The van der Waals surface area contributed by atoms with Crippen molar-refractivity contribution in [2.75, 3.05) is 33.2 Å². The molecule has 26 heavy (non-hydrogen) atoms. The van der Waals surface area contributed by atoms with Crippen molar-refractivity contribution in [1.82, 2.24) is 9.80 Å². The van der Waals surface area contributed by atoms with Gasteiger partial charge in [-0.05, 0) is 39.7 Å². The highest BCUT2D eigenvalue weighted by atomic mass is 16.6. The van der Waals surface area contributed by atoms with Crippen LogP contribution in [0.5, 0.6) is 0 Å². The van der Waals surface area contributed by atoms with Gasteiger partial charge in [-0.1, -0.05) is 12.7 Å². The van der Waals surface area contributed by atoms with Gasteiger partial charge in [-0.25, -0.2) is 4.79 Å². The number of carbonyl (C=O) groups excluding carboxylic acids is 2. The van der Waals surface area contributed by atoms with E-state index in [4.69, 9.17) is 9.47 Å². The molecule has 6 heteroatoms. The van der Waals surface area contributed by atoms with Crippen molar-refractivity contribution in [1.29, 1.82) is 0 Å². The highest BCUT2D eigenvalue weighted by Crippen LogP contribution is 2.49. The molecule has 3 saturated heterocycles. The highest BCUT2D eigenvalue weighted by Gasteiger charge is 2.61. The quantitative estimate of drug-likeness (QED) is 0.403. The molecule has 4 aliphatic rings. The number of ether oxygens (including phenoxy) is 2. The summed E-state index contributed by atoms with van der Waals surface area (Å²) in [5.74, 6) is -0.228. The van der Waals surface area contributed by atoms with Crippen LogP contribution in [0.4, 0.5) is 0 Å². The fourth-order valence-electron chi connectivity index (χ4n) is 4.47. The maximum absolute atomic E-state index is 13.0. The SMILES string of the molecule is C=C1C(=O)O[C@H]2[C@H]1CC/C(C(=O)N1CCN(C)CC1)=C\CC[C@@]1(C)O[C@@H]21. The smallest absolute Gasteiger partial charge is 0.334 e. The zero-order valence-corrected chi connectivity index (χ0v) is 15.7. The van der Waals surface area contributed by atoms with Gasteiger partial charge in [0.15, 0.2) is 0 Å². The Bertz CT molecular complexity index is 665. The Kier molecular flexibility index (Phi) is 4.43. The van der Waals surface area contributed by atoms with E-state index in [2.05, 4.69) is 31.5 Å². The van der Waals surface area contributed by atoms with E-state index < -0.39 is 0 Å². The number of hydrogen-bond donors (Lipinski definition) is 0. The number of likely N-dealkylation sites (N-methyl/N-ethyl adjacent to an activating group) is 1. The number of rotatable bonds is 1. The Balaban J connectivity index is 1.52. The molecule has 142 valence electrons. The van der Waals surface area contributed by atoms with E-state index in [9.17, 15) is 9.59 Å². The van der Waals surface area contributed by atoms with Crippen molar-refractivity contribution >= 4 is 11.9 Å². The molecule has 0 saturated carbocycles. The minimum Gasteiger partial charge on any atom is -0.455 e. The van der Waals surface area contributed by atoms with Crippen LogP contribution in [0.25, 0.3) is 0 Å². The van der Waals surface area contributed by atoms with Crippen LogP contribution < -0.4 is 0 Å². The molecule has 4 atom stereocenters. The Morgan fingerprint density at radius 1 is 1.31 bits per heavy atom. The minimum atomic E-state index is -0.312. The van der Waals surface area contributed by atoms with Gasteiger partial charge in [0.25, 0.3) is 0 Å². The minimum absolute atomic E-state index is 0.0426. The maximum atomic E-state index is 13.0. The lowest BCUT2D eigenvalue weighted by molar-refractivity contribution is -0.140. The summed E-state index contributed by atoms with van der Waals surface area (Å²) in [6, 6.07) is 0. The van der Waals surface area contributed by atoms with E-state index in [1.807, 2.05) is 4.90 Å². The molecular weight excluding hydrogens is 332 g/mol. The number of amides is 1. The van der Waals surface area contributed by atoms with E-state index in [0.717, 1.165) is 44.6 Å². The maximum Gasteiger partial charge on any atom is 0.334 e. The predicted octanol–water partition coefficient (Wildman–Crippen LogP) is 1.52. The Morgan fingerprint density at radius 2 is 2.04 bits per heavy atom. The second-order valence-corrected chi connectivity index (χ2v) is 8.25. The number of hydrogen-bond acceptors (Lipinski definition) is 5. The molecule has 0 aromatic carbocycles. The number of fused-ring (bicyclic) bond motifs is 3. The van der Waals surface area contributed by atoms with Crippen molar-refractivity contribution in [2.24, 2.45) is 5.92 Å². The molecule has 3 heterocycles. The highest BCUT2D eigenvalue weighted by molar-refractivity contribution is 5.94. The van der Waals surface area contributed by atoms with Gasteiger partial charge in [0, 0.05) is 43.2 Å². The van der Waals surface area contributed by atoms with E-state index in [-0.39, 0.29) is 35.6 Å². The van der Waals surface area contributed by atoms with Gasteiger partial charge < -0.3 is 19.3 Å². The monoisotopic (exact) mass is 360 g/mol. The number of piperazine rings is 1. The molecule has 3 aliphatic heterocycles. The standard InChI is InChI=1S/C20H28N2O4/c1-13-15-7-6-14(18(23)22-11-9-21(3)10-12-22)5-4-8-20(2)17(26-20)16(15)25-19(13)24/h5,15-17H,1,4,6-12H2,2-3H3/b14-5+/t15-,16-,17-,20+/m0/s1. The van der Waals surface area contributed by atoms with Crippen LogP contribution >= 0.6 is 0 Å². The summed E-state index contributed by atoms with van der Waals surface area (Å²) in [7, 11) is 2.08. The average molecular weight is 360 g/mol. The molecule has 0 radical (unpaired) electrons. The molecule has 0 unspecified atom stereocenters. The van der Waals surface area contributed by atoms with E-state index >= 15 is 0 Å². The van der Waals surface area contributed by atoms with Crippen LogP contribution in [0.2, 0.25) is 0 Å². The van der Waals surface area contributed by atoms with Gasteiger partial charge in [0.2, 0.25) is 5.91 Å². The molecule has 0 N–H and O–H groups in total. The Morgan fingerprint density at radius 3 is 2.77 bits per heavy atom. The number of carbonyl (C=O) groups is 2. The second-order valence-electron chi connectivity index (χ2n) is 8.25. The molecule has 1 amide bonds. The first-order chi connectivity index (χ1) is 12.4.